The van der Waals surface area contributed by atoms with E-state index in [2.05, 4.69) is 15.6 Å². The lowest BCUT2D eigenvalue weighted by Crippen LogP contribution is -2.12. The number of nitriles is 1. The fourth-order valence-corrected chi connectivity index (χ4v) is 3.06. The molecule has 1 aliphatic heterocycles. The van der Waals surface area contributed by atoms with Crippen molar-refractivity contribution < 1.29 is 4.74 Å². The molecule has 0 radical (unpaired) electrons. The van der Waals surface area contributed by atoms with E-state index < -0.39 is 0 Å². The number of benzene rings is 1. The van der Waals surface area contributed by atoms with Crippen molar-refractivity contribution in [2.75, 3.05) is 6.61 Å². The largest absolute Gasteiger partial charge is 0.378 e. The van der Waals surface area contributed by atoms with Crippen molar-refractivity contribution in [3.63, 3.8) is 0 Å². The smallest absolute Gasteiger partial charge is 0.127 e. The zero-order chi connectivity index (χ0) is 14.8. The van der Waals surface area contributed by atoms with Crippen LogP contribution in [0.4, 0.5) is 0 Å². The topological polar surface area (TPSA) is 50.8 Å². The fraction of sp³-hybridized carbons (Fsp3) is 0.500. The maximum Gasteiger partial charge on any atom is 0.127 e. The SMILES string of the molecule is CC(Cl)c1nc2ccc(C#N)cc2n1CCC1CCCO1. The summed E-state index contributed by atoms with van der Waals surface area (Å²) in [5.41, 5.74) is 2.52. The Morgan fingerprint density at radius 3 is 3.10 bits per heavy atom. The number of rotatable bonds is 4. The molecule has 0 amide bonds. The molecular formula is C16H18ClN3O. The van der Waals surface area contributed by atoms with Crippen LogP contribution in [-0.4, -0.2) is 22.3 Å². The Hall–Kier alpha value is -1.57. The van der Waals surface area contributed by atoms with Gasteiger partial charge in [0.15, 0.2) is 0 Å². The van der Waals surface area contributed by atoms with E-state index in [9.17, 15) is 0 Å². The van der Waals surface area contributed by atoms with Crippen LogP contribution in [-0.2, 0) is 11.3 Å². The van der Waals surface area contributed by atoms with Crippen LogP contribution in [0.3, 0.4) is 0 Å². The number of ether oxygens (including phenoxy) is 1. The van der Waals surface area contributed by atoms with Crippen molar-refractivity contribution in [3.8, 4) is 6.07 Å². The summed E-state index contributed by atoms with van der Waals surface area (Å²) < 4.78 is 7.82. The predicted molar refractivity (Wildman–Crippen MR) is 82.3 cm³/mol. The van der Waals surface area contributed by atoms with E-state index in [1.807, 2.05) is 19.1 Å². The van der Waals surface area contributed by atoms with E-state index in [0.29, 0.717) is 11.7 Å². The summed E-state index contributed by atoms with van der Waals surface area (Å²) in [5.74, 6) is 0.861. The number of halogens is 1. The number of aryl methyl sites for hydroxylation is 1. The zero-order valence-electron chi connectivity index (χ0n) is 12.1. The quantitative estimate of drug-likeness (QED) is 0.808. The molecule has 1 aromatic carbocycles. The second-order valence-corrected chi connectivity index (χ2v) is 6.13. The molecule has 2 aromatic rings. The highest BCUT2D eigenvalue weighted by Gasteiger charge is 2.19. The number of hydrogen-bond acceptors (Lipinski definition) is 3. The van der Waals surface area contributed by atoms with E-state index in [0.717, 1.165) is 49.3 Å². The Bertz CT molecular complexity index is 681. The van der Waals surface area contributed by atoms with Gasteiger partial charge in [0, 0.05) is 13.2 Å². The molecule has 0 saturated carbocycles. The lowest BCUT2D eigenvalue weighted by atomic mass is 10.1. The number of nitrogens with zero attached hydrogens (tertiary/aromatic N) is 3. The number of aromatic nitrogens is 2. The Labute approximate surface area is 129 Å². The maximum absolute atomic E-state index is 9.08. The summed E-state index contributed by atoms with van der Waals surface area (Å²) in [6, 6.07) is 7.75. The highest BCUT2D eigenvalue weighted by atomic mass is 35.5. The molecule has 1 fully saturated rings. The number of fused-ring (bicyclic) bond motifs is 1. The molecule has 21 heavy (non-hydrogen) atoms. The zero-order valence-corrected chi connectivity index (χ0v) is 12.8. The summed E-state index contributed by atoms with van der Waals surface area (Å²) in [6.07, 6.45) is 3.56. The van der Waals surface area contributed by atoms with E-state index in [-0.39, 0.29) is 5.38 Å². The van der Waals surface area contributed by atoms with Gasteiger partial charge in [-0.2, -0.15) is 5.26 Å². The molecule has 0 bridgehead atoms. The Morgan fingerprint density at radius 2 is 2.43 bits per heavy atom. The number of alkyl halides is 1. The van der Waals surface area contributed by atoms with Crippen molar-refractivity contribution in [1.29, 1.82) is 5.26 Å². The monoisotopic (exact) mass is 303 g/mol. The summed E-state index contributed by atoms with van der Waals surface area (Å²) in [4.78, 5) is 4.61. The second kappa shape index (κ2) is 6.05. The molecule has 110 valence electrons. The predicted octanol–water partition coefficient (Wildman–Crippen LogP) is 3.78. The third kappa shape index (κ3) is 2.90. The van der Waals surface area contributed by atoms with Gasteiger partial charge in [-0.25, -0.2) is 4.98 Å². The standard InChI is InChI=1S/C16H18ClN3O/c1-11(17)16-19-14-5-4-12(10-18)9-15(14)20(16)7-6-13-3-2-8-21-13/h4-5,9,11,13H,2-3,6-8H2,1H3. The molecule has 0 aliphatic carbocycles. The first kappa shape index (κ1) is 14.4. The van der Waals surface area contributed by atoms with Gasteiger partial charge >= 0.3 is 0 Å². The van der Waals surface area contributed by atoms with Gasteiger partial charge in [-0.05, 0) is 44.4 Å². The van der Waals surface area contributed by atoms with Crippen LogP contribution in [0.2, 0.25) is 0 Å². The van der Waals surface area contributed by atoms with Crippen molar-refractivity contribution >= 4 is 22.6 Å². The van der Waals surface area contributed by atoms with E-state index in [1.54, 1.807) is 6.07 Å². The molecule has 2 unspecified atom stereocenters. The number of imidazole rings is 1. The number of hydrogen-bond donors (Lipinski definition) is 0. The second-order valence-electron chi connectivity index (χ2n) is 5.48. The minimum absolute atomic E-state index is 0.160. The molecule has 1 aliphatic rings. The third-order valence-electron chi connectivity index (χ3n) is 3.96. The van der Waals surface area contributed by atoms with Crippen molar-refractivity contribution in [1.82, 2.24) is 9.55 Å². The van der Waals surface area contributed by atoms with Gasteiger partial charge < -0.3 is 9.30 Å². The molecule has 2 atom stereocenters. The van der Waals surface area contributed by atoms with Crippen molar-refractivity contribution in [2.24, 2.45) is 0 Å². The summed E-state index contributed by atoms with van der Waals surface area (Å²) in [6.45, 7) is 3.62. The van der Waals surface area contributed by atoms with Crippen LogP contribution < -0.4 is 0 Å². The van der Waals surface area contributed by atoms with Crippen LogP contribution in [0.25, 0.3) is 11.0 Å². The van der Waals surface area contributed by atoms with Gasteiger partial charge in [0.05, 0.1) is 34.1 Å². The summed E-state index contributed by atoms with van der Waals surface area (Å²) in [7, 11) is 0. The van der Waals surface area contributed by atoms with Gasteiger partial charge in [-0.15, -0.1) is 11.6 Å². The van der Waals surface area contributed by atoms with Gasteiger partial charge in [-0.1, -0.05) is 0 Å². The normalized spacial score (nSPS) is 19.8. The van der Waals surface area contributed by atoms with Gasteiger partial charge in [0.1, 0.15) is 5.82 Å². The molecule has 2 heterocycles. The Kier molecular flexibility index (Phi) is 4.14. The van der Waals surface area contributed by atoms with Crippen LogP contribution in [0.5, 0.6) is 0 Å². The molecule has 1 saturated heterocycles. The van der Waals surface area contributed by atoms with E-state index >= 15 is 0 Å². The van der Waals surface area contributed by atoms with Crippen LogP contribution in [0.15, 0.2) is 18.2 Å². The molecule has 5 heteroatoms. The first-order valence-electron chi connectivity index (χ1n) is 7.35. The van der Waals surface area contributed by atoms with Gasteiger partial charge in [0.25, 0.3) is 0 Å². The van der Waals surface area contributed by atoms with Crippen molar-refractivity contribution in [2.45, 2.75) is 44.2 Å². The Balaban J connectivity index is 1.95. The minimum atomic E-state index is -0.160. The summed E-state index contributed by atoms with van der Waals surface area (Å²) >= 11 is 6.27. The average Bonchev–Trinajstić information content (AvgIpc) is 3.11. The van der Waals surface area contributed by atoms with Crippen LogP contribution >= 0.6 is 11.6 Å². The minimum Gasteiger partial charge on any atom is -0.378 e. The van der Waals surface area contributed by atoms with Crippen molar-refractivity contribution in [3.05, 3.63) is 29.6 Å². The molecule has 0 spiro atoms. The summed E-state index contributed by atoms with van der Waals surface area (Å²) in [5, 5.41) is 8.92. The Morgan fingerprint density at radius 1 is 1.57 bits per heavy atom. The van der Waals surface area contributed by atoms with E-state index in [1.165, 1.54) is 0 Å². The molecule has 1 aromatic heterocycles. The molecular weight excluding hydrogens is 286 g/mol. The van der Waals surface area contributed by atoms with Crippen LogP contribution in [0.1, 0.15) is 43.0 Å². The van der Waals surface area contributed by atoms with Gasteiger partial charge in [0.2, 0.25) is 0 Å². The maximum atomic E-state index is 9.08. The highest BCUT2D eigenvalue weighted by Crippen LogP contribution is 2.27. The molecule has 4 nitrogen and oxygen atoms in total. The lowest BCUT2D eigenvalue weighted by molar-refractivity contribution is 0.100. The third-order valence-corrected chi connectivity index (χ3v) is 4.16. The fourth-order valence-electron chi connectivity index (χ4n) is 2.89. The average molecular weight is 304 g/mol. The van der Waals surface area contributed by atoms with E-state index in [4.69, 9.17) is 21.6 Å². The highest BCUT2D eigenvalue weighted by molar-refractivity contribution is 6.20. The first-order chi connectivity index (χ1) is 10.2. The van der Waals surface area contributed by atoms with Gasteiger partial charge in [-0.3, -0.25) is 0 Å². The first-order valence-corrected chi connectivity index (χ1v) is 7.78. The molecule has 3 rings (SSSR count). The molecule has 0 N–H and O–H groups in total. The lowest BCUT2D eigenvalue weighted by Gasteiger charge is -2.13. The van der Waals surface area contributed by atoms with Crippen LogP contribution in [0, 0.1) is 11.3 Å².